The van der Waals surface area contributed by atoms with Crippen molar-refractivity contribution >= 4 is 17.7 Å². The number of aromatic nitrogens is 5. The van der Waals surface area contributed by atoms with Gasteiger partial charge in [-0.1, -0.05) is 30.0 Å². The Bertz CT molecular complexity index is 797. The number of hydrogen-bond acceptors (Lipinski definition) is 5. The van der Waals surface area contributed by atoms with Gasteiger partial charge in [0.2, 0.25) is 0 Å². The number of aliphatic carboxylic acids is 1. The van der Waals surface area contributed by atoms with Crippen LogP contribution in [0.4, 0.5) is 0 Å². The fourth-order valence-electron chi connectivity index (χ4n) is 2.04. The lowest BCUT2D eigenvalue weighted by Crippen LogP contribution is -2.03. The number of hydrogen-bond donors (Lipinski definition) is 2. The quantitative estimate of drug-likeness (QED) is 0.700. The summed E-state index contributed by atoms with van der Waals surface area (Å²) in [7, 11) is 0. The molecule has 0 amide bonds. The van der Waals surface area contributed by atoms with Crippen LogP contribution in [-0.4, -0.2) is 41.6 Å². The van der Waals surface area contributed by atoms with Crippen molar-refractivity contribution in [2.24, 2.45) is 0 Å². The molecule has 8 heteroatoms. The lowest BCUT2D eigenvalue weighted by atomic mass is 10.3. The molecule has 0 bridgehead atoms. The molecule has 2 aromatic heterocycles. The Kier molecular flexibility index (Phi) is 3.92. The molecular formula is C14H13N5O2S. The molecular weight excluding hydrogens is 302 g/mol. The third-order valence-corrected chi connectivity index (χ3v) is 3.93. The van der Waals surface area contributed by atoms with E-state index in [1.54, 1.807) is 6.33 Å². The lowest BCUT2D eigenvalue weighted by molar-refractivity contribution is -0.133. The number of imidazole rings is 1. The number of H-pyrrole nitrogens is 1. The van der Waals surface area contributed by atoms with E-state index in [4.69, 9.17) is 5.11 Å². The number of nitrogens with zero attached hydrogens (tertiary/aromatic N) is 4. The van der Waals surface area contributed by atoms with Crippen molar-refractivity contribution in [3.8, 4) is 17.2 Å². The first-order valence-corrected chi connectivity index (χ1v) is 7.51. The second-order valence-corrected chi connectivity index (χ2v) is 5.48. The van der Waals surface area contributed by atoms with Gasteiger partial charge in [-0.15, -0.1) is 10.2 Å². The summed E-state index contributed by atoms with van der Waals surface area (Å²) in [4.78, 5) is 18.1. The van der Waals surface area contributed by atoms with E-state index in [2.05, 4.69) is 20.2 Å². The molecule has 0 saturated heterocycles. The van der Waals surface area contributed by atoms with Crippen molar-refractivity contribution in [3.63, 3.8) is 0 Å². The number of aryl methyl sites for hydroxylation is 1. The van der Waals surface area contributed by atoms with Crippen LogP contribution in [0.1, 0.15) is 5.69 Å². The van der Waals surface area contributed by atoms with Crippen LogP contribution in [0.25, 0.3) is 17.2 Å². The van der Waals surface area contributed by atoms with Gasteiger partial charge in [-0.3, -0.25) is 9.36 Å². The van der Waals surface area contributed by atoms with Gasteiger partial charge in [0.1, 0.15) is 5.69 Å². The normalized spacial score (nSPS) is 10.8. The zero-order valence-electron chi connectivity index (χ0n) is 11.7. The van der Waals surface area contributed by atoms with Crippen LogP contribution in [0.15, 0.2) is 41.8 Å². The molecule has 0 aliphatic rings. The summed E-state index contributed by atoms with van der Waals surface area (Å²) in [6.07, 6.45) is 1.60. The maximum Gasteiger partial charge on any atom is 0.313 e. The summed E-state index contributed by atoms with van der Waals surface area (Å²) >= 11 is 1.13. The number of aromatic amines is 1. The van der Waals surface area contributed by atoms with E-state index in [1.165, 1.54) is 0 Å². The van der Waals surface area contributed by atoms with Gasteiger partial charge in [0.05, 0.1) is 12.1 Å². The smallest absolute Gasteiger partial charge is 0.313 e. The summed E-state index contributed by atoms with van der Waals surface area (Å²) in [6.45, 7) is 1.90. The minimum absolute atomic E-state index is 0.0789. The van der Waals surface area contributed by atoms with Gasteiger partial charge in [-0.05, 0) is 19.1 Å². The van der Waals surface area contributed by atoms with Crippen molar-refractivity contribution in [3.05, 3.63) is 42.4 Å². The number of carbonyl (C=O) groups is 1. The second-order valence-electron chi connectivity index (χ2n) is 4.54. The SMILES string of the molecule is Cc1[nH]cnc1-c1nnc(SCC(=O)O)n1-c1ccccc1. The number of carboxylic acid groups (broad SMARTS) is 1. The monoisotopic (exact) mass is 315 g/mol. The molecule has 7 nitrogen and oxygen atoms in total. The van der Waals surface area contributed by atoms with Gasteiger partial charge in [0.15, 0.2) is 11.0 Å². The summed E-state index contributed by atoms with van der Waals surface area (Å²) < 4.78 is 1.82. The van der Waals surface area contributed by atoms with E-state index in [1.807, 2.05) is 41.8 Å². The van der Waals surface area contributed by atoms with Gasteiger partial charge < -0.3 is 10.1 Å². The summed E-state index contributed by atoms with van der Waals surface area (Å²) in [6, 6.07) is 9.56. The number of carboxylic acids is 1. The van der Waals surface area contributed by atoms with Crippen molar-refractivity contribution < 1.29 is 9.90 Å². The largest absolute Gasteiger partial charge is 0.481 e. The highest BCUT2D eigenvalue weighted by Crippen LogP contribution is 2.27. The summed E-state index contributed by atoms with van der Waals surface area (Å²) in [5.41, 5.74) is 2.43. The molecule has 2 N–H and O–H groups in total. The van der Waals surface area contributed by atoms with Crippen LogP contribution in [0.2, 0.25) is 0 Å². The molecule has 0 saturated carbocycles. The number of rotatable bonds is 5. The first-order chi connectivity index (χ1) is 10.7. The average molecular weight is 315 g/mol. The van der Waals surface area contributed by atoms with E-state index in [9.17, 15) is 4.79 Å². The van der Waals surface area contributed by atoms with Crippen LogP contribution < -0.4 is 0 Å². The number of para-hydroxylation sites is 1. The third-order valence-electron chi connectivity index (χ3n) is 3.01. The Morgan fingerprint density at radius 1 is 1.32 bits per heavy atom. The van der Waals surface area contributed by atoms with Crippen LogP contribution in [0, 0.1) is 6.92 Å². The zero-order chi connectivity index (χ0) is 15.5. The maximum atomic E-state index is 10.8. The third kappa shape index (κ3) is 2.73. The lowest BCUT2D eigenvalue weighted by Gasteiger charge is -2.08. The van der Waals surface area contributed by atoms with Crippen LogP contribution in [0.5, 0.6) is 0 Å². The molecule has 3 aromatic rings. The van der Waals surface area contributed by atoms with E-state index < -0.39 is 5.97 Å². The first kappa shape index (κ1) is 14.3. The number of thioether (sulfide) groups is 1. The van der Waals surface area contributed by atoms with E-state index in [0.717, 1.165) is 23.1 Å². The summed E-state index contributed by atoms with van der Waals surface area (Å²) in [5, 5.41) is 17.7. The minimum Gasteiger partial charge on any atom is -0.481 e. The van der Waals surface area contributed by atoms with Crippen LogP contribution >= 0.6 is 11.8 Å². The van der Waals surface area contributed by atoms with Crippen molar-refractivity contribution in [1.29, 1.82) is 0 Å². The zero-order valence-corrected chi connectivity index (χ0v) is 12.5. The Balaban J connectivity index is 2.11. The highest BCUT2D eigenvalue weighted by molar-refractivity contribution is 7.99. The average Bonchev–Trinajstić information content (AvgIpc) is 3.11. The van der Waals surface area contributed by atoms with Crippen LogP contribution in [-0.2, 0) is 4.79 Å². The number of benzene rings is 1. The van der Waals surface area contributed by atoms with Crippen LogP contribution in [0.3, 0.4) is 0 Å². The first-order valence-electron chi connectivity index (χ1n) is 6.52. The Morgan fingerprint density at radius 3 is 2.73 bits per heavy atom. The second kappa shape index (κ2) is 6.02. The molecule has 0 atom stereocenters. The maximum absolute atomic E-state index is 10.8. The molecule has 3 rings (SSSR count). The highest BCUT2D eigenvalue weighted by Gasteiger charge is 2.19. The minimum atomic E-state index is -0.898. The molecule has 0 spiro atoms. The Labute approximate surface area is 130 Å². The topological polar surface area (TPSA) is 96.7 Å². The molecule has 22 heavy (non-hydrogen) atoms. The Morgan fingerprint density at radius 2 is 2.09 bits per heavy atom. The summed E-state index contributed by atoms with van der Waals surface area (Å²) in [5.74, 6) is -0.396. The molecule has 0 unspecified atom stereocenters. The number of nitrogens with one attached hydrogen (secondary N) is 1. The molecule has 112 valence electrons. The van der Waals surface area contributed by atoms with E-state index in [-0.39, 0.29) is 5.75 Å². The van der Waals surface area contributed by atoms with Gasteiger partial charge in [0.25, 0.3) is 0 Å². The molecule has 0 fully saturated rings. The molecule has 0 radical (unpaired) electrons. The van der Waals surface area contributed by atoms with Gasteiger partial charge in [0, 0.05) is 11.4 Å². The van der Waals surface area contributed by atoms with E-state index in [0.29, 0.717) is 16.7 Å². The van der Waals surface area contributed by atoms with Gasteiger partial charge >= 0.3 is 5.97 Å². The van der Waals surface area contributed by atoms with Crippen molar-refractivity contribution in [1.82, 2.24) is 24.7 Å². The van der Waals surface area contributed by atoms with Gasteiger partial charge in [-0.25, -0.2) is 4.98 Å². The predicted octanol–water partition coefficient (Wildman–Crippen LogP) is 2.14. The van der Waals surface area contributed by atoms with Gasteiger partial charge in [-0.2, -0.15) is 0 Å². The molecule has 0 aliphatic carbocycles. The fourth-order valence-corrected chi connectivity index (χ4v) is 2.71. The van der Waals surface area contributed by atoms with Crippen molar-refractivity contribution in [2.75, 3.05) is 5.75 Å². The van der Waals surface area contributed by atoms with Crippen molar-refractivity contribution in [2.45, 2.75) is 12.1 Å². The molecule has 1 aromatic carbocycles. The van der Waals surface area contributed by atoms with E-state index >= 15 is 0 Å². The highest BCUT2D eigenvalue weighted by atomic mass is 32.2. The Hall–Kier alpha value is -2.61. The molecule has 2 heterocycles. The standard InChI is InChI=1S/C14H13N5O2S/c1-9-12(16-8-15-9)13-17-18-14(22-7-11(20)21)19(13)10-5-3-2-4-6-10/h2-6,8H,7H2,1H3,(H,15,16)(H,20,21). The fraction of sp³-hybridized carbons (Fsp3) is 0.143. The predicted molar refractivity (Wildman–Crippen MR) is 82.0 cm³/mol. The molecule has 0 aliphatic heterocycles.